The van der Waals surface area contributed by atoms with Gasteiger partial charge in [-0.05, 0) is 6.42 Å². The fourth-order valence-corrected chi connectivity index (χ4v) is 2.13. The summed E-state index contributed by atoms with van der Waals surface area (Å²) in [6.07, 6.45) is 0.856. The van der Waals surface area contributed by atoms with Crippen molar-refractivity contribution in [3.8, 4) is 0 Å². The van der Waals surface area contributed by atoms with Crippen molar-refractivity contribution in [1.29, 1.82) is 0 Å². The minimum absolute atomic E-state index is 0.00269. The van der Waals surface area contributed by atoms with Crippen molar-refractivity contribution in [2.75, 3.05) is 52.9 Å². The summed E-state index contributed by atoms with van der Waals surface area (Å²) in [5.41, 5.74) is 0. The molecule has 0 aromatic rings. The van der Waals surface area contributed by atoms with Crippen LogP contribution in [-0.2, 0) is 9.59 Å². The van der Waals surface area contributed by atoms with Crippen molar-refractivity contribution < 1.29 is 19.5 Å². The van der Waals surface area contributed by atoms with Gasteiger partial charge in [-0.3, -0.25) is 14.5 Å². The zero-order chi connectivity index (χ0) is 15.8. The number of amides is 3. The molecule has 120 valence electrons. The van der Waals surface area contributed by atoms with Crippen molar-refractivity contribution in [3.63, 3.8) is 0 Å². The highest BCUT2D eigenvalue weighted by atomic mass is 16.4. The number of piperazine rings is 1. The van der Waals surface area contributed by atoms with Gasteiger partial charge >= 0.3 is 12.0 Å². The lowest BCUT2D eigenvalue weighted by Gasteiger charge is -2.35. The van der Waals surface area contributed by atoms with E-state index in [2.05, 4.69) is 5.32 Å². The highest BCUT2D eigenvalue weighted by molar-refractivity contribution is 5.83. The van der Waals surface area contributed by atoms with E-state index in [4.69, 9.17) is 5.11 Å². The van der Waals surface area contributed by atoms with Crippen LogP contribution in [-0.4, -0.2) is 90.6 Å². The first kappa shape index (κ1) is 17.2. The molecule has 1 aliphatic heterocycles. The molecule has 3 amide bonds. The van der Waals surface area contributed by atoms with E-state index in [0.29, 0.717) is 32.7 Å². The number of hydrogen-bond acceptors (Lipinski definition) is 4. The summed E-state index contributed by atoms with van der Waals surface area (Å²) in [7, 11) is 1.59. The quantitative estimate of drug-likeness (QED) is 0.674. The molecule has 2 N–H and O–H groups in total. The Hall–Kier alpha value is -1.83. The zero-order valence-corrected chi connectivity index (χ0v) is 12.7. The number of urea groups is 1. The van der Waals surface area contributed by atoms with Gasteiger partial charge in [0.2, 0.25) is 5.91 Å². The number of hydrogen-bond donors (Lipinski definition) is 2. The summed E-state index contributed by atoms with van der Waals surface area (Å²) in [6.45, 7) is 4.63. The van der Waals surface area contributed by atoms with Crippen LogP contribution >= 0.6 is 0 Å². The second-order valence-corrected chi connectivity index (χ2v) is 5.15. The molecule has 0 spiro atoms. The van der Waals surface area contributed by atoms with Gasteiger partial charge in [-0.1, -0.05) is 6.92 Å². The van der Waals surface area contributed by atoms with Crippen LogP contribution < -0.4 is 5.32 Å². The third-order valence-corrected chi connectivity index (χ3v) is 3.28. The van der Waals surface area contributed by atoms with E-state index >= 15 is 0 Å². The van der Waals surface area contributed by atoms with Crippen LogP contribution in [0.2, 0.25) is 0 Å². The Labute approximate surface area is 124 Å². The van der Waals surface area contributed by atoms with E-state index in [1.54, 1.807) is 16.8 Å². The fourth-order valence-electron chi connectivity index (χ4n) is 2.13. The minimum atomic E-state index is -0.862. The van der Waals surface area contributed by atoms with Gasteiger partial charge in [-0.15, -0.1) is 0 Å². The molecule has 1 aliphatic rings. The number of aliphatic carboxylic acids is 1. The van der Waals surface area contributed by atoms with Crippen molar-refractivity contribution >= 4 is 17.9 Å². The first-order chi connectivity index (χ1) is 9.93. The first-order valence-corrected chi connectivity index (χ1v) is 7.15. The number of rotatable bonds is 6. The summed E-state index contributed by atoms with van der Waals surface area (Å²) in [4.78, 5) is 39.2. The predicted octanol–water partition coefficient (Wildman–Crippen LogP) is -0.733. The molecule has 0 atom stereocenters. The molecule has 0 aliphatic carbocycles. The summed E-state index contributed by atoms with van der Waals surface area (Å²) in [5, 5.41) is 11.4. The summed E-state index contributed by atoms with van der Waals surface area (Å²) >= 11 is 0. The predicted molar refractivity (Wildman–Crippen MR) is 77.0 cm³/mol. The van der Waals surface area contributed by atoms with Gasteiger partial charge in [0.15, 0.2) is 0 Å². The highest BCUT2D eigenvalue weighted by Gasteiger charge is 2.25. The minimum Gasteiger partial charge on any atom is -0.480 e. The first-order valence-electron chi connectivity index (χ1n) is 7.15. The Morgan fingerprint density at radius 1 is 1.19 bits per heavy atom. The summed E-state index contributed by atoms with van der Waals surface area (Å²) < 4.78 is 0. The number of likely N-dealkylation sites (N-methyl/N-ethyl adjacent to an activating group) is 1. The van der Waals surface area contributed by atoms with Gasteiger partial charge in [-0.2, -0.15) is 0 Å². The Balaban J connectivity index is 2.35. The van der Waals surface area contributed by atoms with Crippen LogP contribution in [0.15, 0.2) is 0 Å². The fraction of sp³-hybridized carbons (Fsp3) is 0.769. The summed E-state index contributed by atoms with van der Waals surface area (Å²) in [5.74, 6) is -1.03. The van der Waals surface area contributed by atoms with Crippen molar-refractivity contribution in [1.82, 2.24) is 20.0 Å². The van der Waals surface area contributed by atoms with E-state index in [9.17, 15) is 14.4 Å². The maximum Gasteiger partial charge on any atom is 0.320 e. The normalized spacial score (nSPS) is 15.6. The molecule has 0 bridgehead atoms. The van der Waals surface area contributed by atoms with Gasteiger partial charge in [0.1, 0.15) is 6.54 Å². The SMILES string of the molecule is CCCNC(=O)CN(C)C(=O)N1CCN(CC(=O)O)CC1. The topological polar surface area (TPSA) is 93.2 Å². The lowest BCUT2D eigenvalue weighted by molar-refractivity contribution is -0.138. The number of carboxylic acids is 1. The molecule has 8 nitrogen and oxygen atoms in total. The molecule has 1 fully saturated rings. The smallest absolute Gasteiger partial charge is 0.320 e. The van der Waals surface area contributed by atoms with Gasteiger partial charge < -0.3 is 20.2 Å². The molecule has 21 heavy (non-hydrogen) atoms. The number of nitrogens with zero attached hydrogens (tertiary/aromatic N) is 3. The van der Waals surface area contributed by atoms with E-state index in [0.717, 1.165) is 6.42 Å². The van der Waals surface area contributed by atoms with E-state index in [1.165, 1.54) is 4.90 Å². The van der Waals surface area contributed by atoms with E-state index < -0.39 is 5.97 Å². The largest absolute Gasteiger partial charge is 0.480 e. The van der Waals surface area contributed by atoms with Gasteiger partial charge in [0.25, 0.3) is 0 Å². The van der Waals surface area contributed by atoms with Crippen LogP contribution in [0.5, 0.6) is 0 Å². The molecule has 1 heterocycles. The maximum atomic E-state index is 12.2. The number of carbonyl (C=O) groups excluding carboxylic acids is 2. The van der Waals surface area contributed by atoms with E-state index in [1.807, 2.05) is 6.92 Å². The van der Waals surface area contributed by atoms with Crippen LogP contribution in [0.25, 0.3) is 0 Å². The third kappa shape index (κ3) is 5.99. The third-order valence-electron chi connectivity index (χ3n) is 3.28. The van der Waals surface area contributed by atoms with Crippen molar-refractivity contribution in [3.05, 3.63) is 0 Å². The van der Waals surface area contributed by atoms with Crippen molar-refractivity contribution in [2.45, 2.75) is 13.3 Å². The van der Waals surface area contributed by atoms with Gasteiger partial charge in [0.05, 0.1) is 6.54 Å². The Bertz CT molecular complexity index is 380. The lowest BCUT2D eigenvalue weighted by Crippen LogP contribution is -2.54. The molecule has 0 radical (unpaired) electrons. The van der Waals surface area contributed by atoms with Crippen LogP contribution in [0.4, 0.5) is 4.79 Å². The Kier molecular flexibility index (Phi) is 6.93. The Morgan fingerprint density at radius 3 is 2.33 bits per heavy atom. The van der Waals surface area contributed by atoms with Gasteiger partial charge in [0, 0.05) is 39.8 Å². The van der Waals surface area contributed by atoms with Gasteiger partial charge in [-0.25, -0.2) is 4.79 Å². The molecular formula is C13H24N4O4. The lowest BCUT2D eigenvalue weighted by atomic mass is 10.3. The average Bonchev–Trinajstić information content (AvgIpc) is 2.44. The molecule has 8 heteroatoms. The maximum absolute atomic E-state index is 12.2. The van der Waals surface area contributed by atoms with E-state index in [-0.39, 0.29) is 25.0 Å². The van der Waals surface area contributed by atoms with Crippen molar-refractivity contribution in [2.24, 2.45) is 0 Å². The molecule has 1 rings (SSSR count). The monoisotopic (exact) mass is 300 g/mol. The second kappa shape index (κ2) is 8.46. The average molecular weight is 300 g/mol. The number of nitrogens with one attached hydrogen (secondary N) is 1. The standard InChI is InChI=1S/C13H24N4O4/c1-3-4-14-11(18)9-15(2)13(21)17-7-5-16(6-8-17)10-12(19)20/h3-10H2,1-2H3,(H,14,18)(H,19,20). The molecule has 0 saturated carbocycles. The molecule has 0 aromatic heterocycles. The molecule has 0 aromatic carbocycles. The summed E-state index contributed by atoms with van der Waals surface area (Å²) in [6, 6.07) is -0.198. The molecule has 1 saturated heterocycles. The number of carboxylic acid groups (broad SMARTS) is 1. The Morgan fingerprint density at radius 2 is 1.81 bits per heavy atom. The zero-order valence-electron chi connectivity index (χ0n) is 12.7. The van der Waals surface area contributed by atoms with Crippen LogP contribution in [0, 0.1) is 0 Å². The molecule has 0 unspecified atom stereocenters. The number of carbonyl (C=O) groups is 3. The van der Waals surface area contributed by atoms with Crippen LogP contribution in [0.1, 0.15) is 13.3 Å². The van der Waals surface area contributed by atoms with Crippen LogP contribution in [0.3, 0.4) is 0 Å². The molecular weight excluding hydrogens is 276 g/mol. The second-order valence-electron chi connectivity index (χ2n) is 5.15. The highest BCUT2D eigenvalue weighted by Crippen LogP contribution is 2.04.